The van der Waals surface area contributed by atoms with Gasteiger partial charge in [-0.05, 0) is 54.4 Å². The average molecular weight is 362 g/mol. The van der Waals surface area contributed by atoms with Crippen molar-refractivity contribution in [3.8, 4) is 0 Å². The molecule has 0 heterocycles. The van der Waals surface area contributed by atoms with E-state index >= 15 is 0 Å². The van der Waals surface area contributed by atoms with Crippen molar-refractivity contribution in [3.05, 3.63) is 60.7 Å². The molecular weight excluding hydrogens is 336 g/mol. The number of benzene rings is 2. The van der Waals surface area contributed by atoms with Crippen LogP contribution in [0.25, 0.3) is 0 Å². The molecule has 2 aromatic rings. The van der Waals surface area contributed by atoms with Gasteiger partial charge in [0, 0.05) is 16.3 Å². The molecule has 4 heteroatoms. The number of hydrogen-bond acceptors (Lipinski definition) is 1. The van der Waals surface area contributed by atoms with Gasteiger partial charge in [0.05, 0.1) is 5.92 Å². The maximum Gasteiger partial charge on any atom is 0.224 e. The highest BCUT2D eigenvalue weighted by Gasteiger charge is 2.62. The van der Waals surface area contributed by atoms with Gasteiger partial charge in [-0.15, -0.1) is 0 Å². The number of amides is 1. The number of nitrogens with two attached hydrogens (primary N) is 1. The minimum atomic E-state index is -2.22. The third kappa shape index (κ3) is 2.47. The minimum Gasteiger partial charge on any atom is -0.369 e. The van der Waals surface area contributed by atoms with E-state index in [4.69, 9.17) is 13.3 Å². The Bertz CT molecular complexity index is 768. The van der Waals surface area contributed by atoms with Gasteiger partial charge in [0.1, 0.15) is 0 Å². The van der Waals surface area contributed by atoms with E-state index in [1.54, 1.807) is 0 Å². The van der Waals surface area contributed by atoms with Crippen LogP contribution in [-0.2, 0) is 4.79 Å². The lowest BCUT2D eigenvalue weighted by Crippen LogP contribution is -2.62. The summed E-state index contributed by atoms with van der Waals surface area (Å²) >= 11 is 0. The summed E-state index contributed by atoms with van der Waals surface area (Å²) in [5, 5.41) is 2.34. The maximum absolute atomic E-state index is 12.6. The number of hydrogen-bond donors (Lipinski definition) is 1. The van der Waals surface area contributed by atoms with Crippen LogP contribution in [0.15, 0.2) is 60.7 Å². The van der Waals surface area contributed by atoms with Crippen molar-refractivity contribution in [2.75, 3.05) is 0 Å². The van der Waals surface area contributed by atoms with E-state index in [1.165, 1.54) is 10.6 Å². The van der Waals surface area contributed by atoms with E-state index in [1.807, 2.05) is 36.4 Å². The Morgan fingerprint density at radius 3 is 1.92 bits per heavy atom. The largest absolute Gasteiger partial charge is 0.369 e. The van der Waals surface area contributed by atoms with Crippen LogP contribution in [0.1, 0.15) is 26.7 Å². The first-order valence-electron chi connectivity index (χ1n) is 9.44. The zero-order chi connectivity index (χ0) is 18.5. The zero-order valence-electron chi connectivity index (χ0n) is 15.5. The SMILES string of the molecule is [B-][P+](c1ccccc1)(c1ccccc1)[C@H]1C[C@H]2C[C@@H]([C@@H]1C(N)=O)C2(C)C. The Labute approximate surface area is 158 Å². The molecule has 3 aliphatic carbocycles. The smallest absolute Gasteiger partial charge is 0.224 e. The van der Waals surface area contributed by atoms with Gasteiger partial charge in [0.15, 0.2) is 0 Å². The highest BCUT2D eigenvalue weighted by Crippen LogP contribution is 2.71. The van der Waals surface area contributed by atoms with Crippen molar-refractivity contribution in [2.45, 2.75) is 32.3 Å². The topological polar surface area (TPSA) is 43.1 Å². The lowest BCUT2D eigenvalue weighted by atomic mass is 9.45. The van der Waals surface area contributed by atoms with Gasteiger partial charge in [-0.25, -0.2) is 0 Å². The number of carbonyl (C=O) groups is 1. The van der Waals surface area contributed by atoms with Crippen molar-refractivity contribution < 1.29 is 4.79 Å². The molecule has 2 aromatic carbocycles. The third-order valence-corrected chi connectivity index (χ3v) is 11.0. The van der Waals surface area contributed by atoms with Gasteiger partial charge in [-0.3, -0.25) is 12.4 Å². The fourth-order valence-electron chi connectivity index (χ4n) is 5.46. The van der Waals surface area contributed by atoms with Crippen molar-refractivity contribution in [1.29, 1.82) is 0 Å². The van der Waals surface area contributed by atoms with Crippen molar-refractivity contribution >= 4 is 31.2 Å². The van der Waals surface area contributed by atoms with Crippen LogP contribution in [0.3, 0.4) is 0 Å². The van der Waals surface area contributed by atoms with Gasteiger partial charge in [0.25, 0.3) is 0 Å². The Morgan fingerprint density at radius 1 is 1.00 bits per heavy atom. The number of rotatable bonds is 4. The monoisotopic (exact) mass is 362 g/mol. The second-order valence-electron chi connectivity index (χ2n) is 8.54. The molecule has 0 aliphatic heterocycles. The van der Waals surface area contributed by atoms with Gasteiger partial charge < -0.3 is 5.73 Å². The van der Waals surface area contributed by atoms with E-state index in [2.05, 4.69) is 38.1 Å². The molecule has 133 valence electrons. The first-order valence-corrected chi connectivity index (χ1v) is 11.4. The van der Waals surface area contributed by atoms with Crippen LogP contribution >= 0.6 is 7.14 Å². The molecule has 0 spiro atoms. The normalized spacial score (nSPS) is 29.7. The highest BCUT2D eigenvalue weighted by atomic mass is 31.2. The van der Waals surface area contributed by atoms with Crippen LogP contribution in [-0.4, -0.2) is 19.1 Å². The van der Waals surface area contributed by atoms with Crippen LogP contribution in [0.2, 0.25) is 0 Å². The molecule has 3 saturated carbocycles. The van der Waals surface area contributed by atoms with E-state index in [0.717, 1.165) is 12.8 Å². The standard InChI is InChI=1S/C22H25BNOP/c1-22(2)15-13-18(22)20(21(24)25)19(14-15)26(23,16-9-5-3-6-10-16)17-11-7-4-8-12-17/h3-12,15,18-20H,13-14H2,1-2H3,(H-,24,25)/q-1/p+1/t15-,18+,19+,20+/m1/s1. The van der Waals surface area contributed by atoms with Crippen LogP contribution in [0.4, 0.5) is 0 Å². The first-order chi connectivity index (χ1) is 12.4. The van der Waals surface area contributed by atoms with Gasteiger partial charge >= 0.3 is 0 Å². The molecule has 1 amide bonds. The second kappa shape index (κ2) is 6.24. The van der Waals surface area contributed by atoms with Crippen LogP contribution < -0.4 is 16.3 Å². The molecule has 3 radical (unpaired) electrons. The lowest BCUT2D eigenvalue weighted by molar-refractivity contribution is -0.144. The second-order valence-corrected chi connectivity index (χ2v) is 11.8. The molecular formula is C22H26BNOP. The van der Waals surface area contributed by atoms with E-state index in [-0.39, 0.29) is 22.9 Å². The highest BCUT2D eigenvalue weighted by molar-refractivity contribution is 8.09. The summed E-state index contributed by atoms with van der Waals surface area (Å²) in [6.07, 6.45) is 2.10. The average Bonchev–Trinajstić information content (AvgIpc) is 2.68. The molecule has 0 saturated heterocycles. The van der Waals surface area contributed by atoms with Crippen LogP contribution in [0.5, 0.6) is 0 Å². The summed E-state index contributed by atoms with van der Waals surface area (Å²) in [4.78, 5) is 12.6. The molecule has 5 rings (SSSR count). The molecule has 4 atom stereocenters. The van der Waals surface area contributed by atoms with Crippen molar-refractivity contribution in [1.82, 2.24) is 0 Å². The minimum absolute atomic E-state index is 0.126. The molecule has 2 nitrogen and oxygen atoms in total. The summed E-state index contributed by atoms with van der Waals surface area (Å²) in [7, 11) is 5.09. The molecule has 3 fully saturated rings. The Balaban J connectivity index is 1.86. The molecule has 3 aliphatic rings. The van der Waals surface area contributed by atoms with E-state index < -0.39 is 7.14 Å². The van der Waals surface area contributed by atoms with Gasteiger partial charge in [-0.1, -0.05) is 50.2 Å². The van der Waals surface area contributed by atoms with E-state index in [0.29, 0.717) is 11.8 Å². The summed E-state index contributed by atoms with van der Waals surface area (Å²) in [6.45, 7) is 4.58. The van der Waals surface area contributed by atoms with Crippen molar-refractivity contribution in [2.24, 2.45) is 28.9 Å². The molecule has 0 aromatic heterocycles. The Morgan fingerprint density at radius 2 is 1.50 bits per heavy atom. The molecule has 0 unspecified atom stereocenters. The predicted molar refractivity (Wildman–Crippen MR) is 111 cm³/mol. The lowest BCUT2D eigenvalue weighted by Gasteiger charge is -2.64. The summed E-state index contributed by atoms with van der Waals surface area (Å²) in [6, 6.07) is 20.7. The van der Waals surface area contributed by atoms with Gasteiger partial charge in [-0.2, -0.15) is 7.14 Å². The summed E-state index contributed by atoms with van der Waals surface area (Å²) in [5.41, 5.74) is 6.29. The summed E-state index contributed by atoms with van der Waals surface area (Å²) in [5.74, 6) is 0.657. The molecule has 2 bridgehead atoms. The molecule has 26 heavy (non-hydrogen) atoms. The quantitative estimate of drug-likeness (QED) is 0.658. The first kappa shape index (κ1) is 17.8. The number of fused-ring (bicyclic) bond motifs is 2. The van der Waals surface area contributed by atoms with Crippen LogP contribution in [0, 0.1) is 23.2 Å². The summed E-state index contributed by atoms with van der Waals surface area (Å²) < 4.78 is 0. The number of carbonyl (C=O) groups excluding carboxylic acids is 1. The number of primary amides is 1. The molecule has 2 N–H and O–H groups in total. The predicted octanol–water partition coefficient (Wildman–Crippen LogP) is 3.27. The fraction of sp³-hybridized carbons (Fsp3) is 0.409. The third-order valence-electron chi connectivity index (χ3n) is 7.14. The maximum atomic E-state index is 12.6. The zero-order valence-corrected chi connectivity index (χ0v) is 16.4. The Kier molecular flexibility index (Phi) is 4.27. The van der Waals surface area contributed by atoms with Crippen molar-refractivity contribution in [3.63, 3.8) is 0 Å². The fourth-order valence-corrected chi connectivity index (χ4v) is 9.30. The van der Waals surface area contributed by atoms with E-state index in [9.17, 15) is 4.79 Å². The Hall–Kier alpha value is -1.60. The van der Waals surface area contributed by atoms with Gasteiger partial charge in [0.2, 0.25) is 5.91 Å².